The van der Waals surface area contributed by atoms with Gasteiger partial charge in [0.1, 0.15) is 28.0 Å². The van der Waals surface area contributed by atoms with E-state index in [-0.39, 0.29) is 28.0 Å². The van der Waals surface area contributed by atoms with Crippen molar-refractivity contribution in [3.05, 3.63) is 55.4 Å². The van der Waals surface area contributed by atoms with Crippen LogP contribution < -0.4 is 16.7 Å². The van der Waals surface area contributed by atoms with Gasteiger partial charge in [0, 0.05) is 21.6 Å². The molecule has 10 nitrogen and oxygen atoms in total. The van der Waals surface area contributed by atoms with Gasteiger partial charge in [-0.15, -0.1) is 23.5 Å². The highest BCUT2D eigenvalue weighted by Crippen LogP contribution is 2.45. The predicted molar refractivity (Wildman–Crippen MR) is 132 cm³/mol. The number of nitrogen functional groups attached to an aromatic ring is 1. The van der Waals surface area contributed by atoms with Crippen LogP contribution >= 0.6 is 58.5 Å². The number of aliphatic carboxylic acids is 1. The second-order valence-electron chi connectivity index (χ2n) is 6.95. The van der Waals surface area contributed by atoms with E-state index in [4.69, 9.17) is 28.9 Å². The third-order valence-corrected chi connectivity index (χ3v) is 9.14. The monoisotopic (exact) mass is 559 g/mol. The van der Waals surface area contributed by atoms with Crippen LogP contribution in [0.25, 0.3) is 0 Å². The molecule has 178 valence electrons. The number of thioether (sulfide) groups is 3. The quantitative estimate of drug-likeness (QED) is 0.225. The van der Waals surface area contributed by atoms with Gasteiger partial charge >= 0.3 is 11.7 Å². The van der Waals surface area contributed by atoms with Gasteiger partial charge in [-0.2, -0.15) is 4.98 Å². The fraction of sp³-hybridized carbons (Fsp3) is 0.211. The van der Waals surface area contributed by atoms with E-state index in [0.29, 0.717) is 19.8 Å². The number of hydrogen-bond donors (Lipinski definition) is 4. The summed E-state index contributed by atoms with van der Waals surface area (Å²) >= 11 is 15.6. The van der Waals surface area contributed by atoms with Crippen LogP contribution in [0.2, 0.25) is 10.0 Å². The van der Waals surface area contributed by atoms with Crippen molar-refractivity contribution < 1.29 is 19.5 Å². The Kier molecular flexibility index (Phi) is 7.38. The number of carboxylic acids is 1. The van der Waals surface area contributed by atoms with Gasteiger partial charge in [0.05, 0.1) is 15.8 Å². The number of fused-ring (bicyclic) bond motifs is 1. The number of nitrogens with zero attached hydrogens (tertiary/aromatic N) is 2. The highest BCUT2D eigenvalue weighted by atomic mass is 35.5. The minimum Gasteiger partial charge on any atom is -0.477 e. The summed E-state index contributed by atoms with van der Waals surface area (Å²) in [5.74, 6) is -1.95. The summed E-state index contributed by atoms with van der Waals surface area (Å²) in [6.07, 6.45) is 0. The molecule has 4 rings (SSSR count). The third kappa shape index (κ3) is 5.03. The molecule has 0 radical (unpaired) electrons. The first-order valence-corrected chi connectivity index (χ1v) is 13.1. The molecule has 5 N–H and O–H groups in total. The van der Waals surface area contributed by atoms with E-state index in [1.165, 1.54) is 17.8 Å². The molecule has 1 fully saturated rings. The van der Waals surface area contributed by atoms with E-state index in [9.17, 15) is 24.3 Å². The van der Waals surface area contributed by atoms with Crippen LogP contribution in [-0.2, 0) is 14.4 Å². The Morgan fingerprint density at radius 2 is 2.03 bits per heavy atom. The lowest BCUT2D eigenvalue weighted by molar-refractivity contribution is -0.150. The molecule has 0 spiro atoms. The first kappa shape index (κ1) is 24.8. The number of aromatic amines is 1. The molecule has 1 aromatic carbocycles. The van der Waals surface area contributed by atoms with Gasteiger partial charge in [0.15, 0.2) is 0 Å². The molecule has 2 amide bonds. The molecule has 15 heteroatoms. The summed E-state index contributed by atoms with van der Waals surface area (Å²) in [4.78, 5) is 56.9. The average Bonchev–Trinajstić information content (AvgIpc) is 2.76. The number of halogens is 2. The molecular weight excluding hydrogens is 545 g/mol. The maximum absolute atomic E-state index is 12.8. The molecule has 2 aromatic rings. The van der Waals surface area contributed by atoms with Crippen LogP contribution in [0.5, 0.6) is 0 Å². The summed E-state index contributed by atoms with van der Waals surface area (Å²) < 4.78 is 0. The average molecular weight is 560 g/mol. The molecule has 2 atom stereocenters. The Morgan fingerprint density at radius 3 is 2.68 bits per heavy atom. The number of rotatable bonds is 7. The van der Waals surface area contributed by atoms with Crippen molar-refractivity contribution in [3.8, 4) is 0 Å². The maximum atomic E-state index is 12.8. The molecule has 2 aliphatic rings. The summed E-state index contributed by atoms with van der Waals surface area (Å²) in [5.41, 5.74) is 4.74. The predicted octanol–water partition coefficient (Wildman–Crippen LogP) is 2.24. The Hall–Kier alpha value is -2.32. The Balaban J connectivity index is 1.45. The number of β-lactam (4-membered cyclic amide) rings is 1. The van der Waals surface area contributed by atoms with Crippen LogP contribution in [0, 0.1) is 0 Å². The molecule has 1 saturated heterocycles. The number of aromatic nitrogens is 2. The molecule has 0 aliphatic carbocycles. The largest absolute Gasteiger partial charge is 0.477 e. The van der Waals surface area contributed by atoms with Gasteiger partial charge in [-0.05, 0) is 12.1 Å². The van der Waals surface area contributed by atoms with Crippen LogP contribution in [0.4, 0.5) is 5.82 Å². The van der Waals surface area contributed by atoms with E-state index in [0.717, 1.165) is 28.4 Å². The van der Waals surface area contributed by atoms with Gasteiger partial charge in [0.2, 0.25) is 5.91 Å². The van der Waals surface area contributed by atoms with Crippen molar-refractivity contribution in [2.75, 3.05) is 17.2 Å². The molecule has 0 saturated carbocycles. The van der Waals surface area contributed by atoms with Crippen molar-refractivity contribution >= 4 is 82.1 Å². The van der Waals surface area contributed by atoms with Crippen molar-refractivity contribution in [3.63, 3.8) is 0 Å². The van der Waals surface area contributed by atoms with Crippen LogP contribution in [0.15, 0.2) is 49.6 Å². The number of carbonyl (C=O) groups excluding carboxylic acids is 2. The number of anilines is 1. The molecule has 34 heavy (non-hydrogen) atoms. The summed E-state index contributed by atoms with van der Waals surface area (Å²) in [5, 5.41) is 12.9. The van der Waals surface area contributed by atoms with Crippen molar-refractivity contribution in [1.82, 2.24) is 20.2 Å². The number of amides is 2. The fourth-order valence-electron chi connectivity index (χ4n) is 3.27. The normalized spacial score (nSPS) is 19.5. The van der Waals surface area contributed by atoms with Gasteiger partial charge < -0.3 is 16.2 Å². The lowest BCUT2D eigenvalue weighted by atomic mass is 10.1. The van der Waals surface area contributed by atoms with E-state index in [1.54, 1.807) is 18.2 Å². The number of benzene rings is 1. The molecule has 0 unspecified atom stereocenters. The first-order valence-electron chi connectivity index (χ1n) is 9.47. The zero-order chi connectivity index (χ0) is 24.6. The summed E-state index contributed by atoms with van der Waals surface area (Å²) in [6, 6.07) is 5.54. The maximum Gasteiger partial charge on any atom is 0.353 e. The van der Waals surface area contributed by atoms with E-state index in [2.05, 4.69) is 15.3 Å². The topological polar surface area (TPSA) is 158 Å². The molecule has 3 heterocycles. The zero-order valence-electron chi connectivity index (χ0n) is 16.9. The first-order chi connectivity index (χ1) is 16.2. The minimum absolute atomic E-state index is 0.0248. The molecule has 2 aliphatic heterocycles. The molecule has 1 aromatic heterocycles. The van der Waals surface area contributed by atoms with Crippen LogP contribution in [0.3, 0.4) is 0 Å². The fourth-order valence-corrected chi connectivity index (χ4v) is 7.25. The number of nitrogens with two attached hydrogens (primary N) is 1. The van der Waals surface area contributed by atoms with E-state index in [1.807, 2.05) is 0 Å². The van der Waals surface area contributed by atoms with Crippen molar-refractivity contribution in [1.29, 1.82) is 0 Å². The van der Waals surface area contributed by atoms with Crippen LogP contribution in [-0.4, -0.2) is 60.7 Å². The lowest BCUT2D eigenvalue weighted by Crippen LogP contribution is -2.70. The number of H-pyrrole nitrogens is 1. The van der Waals surface area contributed by atoms with Crippen molar-refractivity contribution in [2.45, 2.75) is 21.3 Å². The Labute approximate surface area is 215 Å². The van der Waals surface area contributed by atoms with Gasteiger partial charge in [0.25, 0.3) is 5.91 Å². The van der Waals surface area contributed by atoms with Gasteiger partial charge in [-0.25, -0.2) is 9.59 Å². The molecular formula is C19H15Cl2N5O5S3. The van der Waals surface area contributed by atoms with E-state index < -0.39 is 34.9 Å². The zero-order valence-corrected chi connectivity index (χ0v) is 20.9. The highest BCUT2D eigenvalue weighted by Gasteiger charge is 2.54. The van der Waals surface area contributed by atoms with Crippen molar-refractivity contribution in [2.24, 2.45) is 0 Å². The number of carbonyl (C=O) groups is 3. The Morgan fingerprint density at radius 1 is 1.32 bits per heavy atom. The minimum atomic E-state index is -1.30. The summed E-state index contributed by atoms with van der Waals surface area (Å²) in [6.45, 7) is 0. The third-order valence-electron chi connectivity index (χ3n) is 4.69. The van der Waals surface area contributed by atoms with Gasteiger partial charge in [-0.3, -0.25) is 19.5 Å². The number of hydrogen-bond acceptors (Lipinski definition) is 9. The number of carboxylic acid groups (broad SMARTS) is 1. The lowest BCUT2D eigenvalue weighted by Gasteiger charge is -2.49. The van der Waals surface area contributed by atoms with E-state index >= 15 is 0 Å². The smallest absolute Gasteiger partial charge is 0.353 e. The van der Waals surface area contributed by atoms with Crippen LogP contribution in [0.1, 0.15) is 0 Å². The SMILES string of the molecule is Nc1cc(SC2=C(C(=O)O)N3C(=O)[C@@H](NC(=O)CSc4c(Cl)cccc4Cl)[C@H]3SC2)nc(=O)[nH]1. The van der Waals surface area contributed by atoms with Gasteiger partial charge in [-0.1, -0.05) is 41.0 Å². The molecule has 0 bridgehead atoms. The highest BCUT2D eigenvalue weighted by molar-refractivity contribution is 8.06. The number of nitrogens with one attached hydrogen (secondary N) is 2. The Bertz CT molecular complexity index is 1270. The standard InChI is InChI=1S/C19H15Cl2N5O5S3/c20-7-2-1-3-8(21)15(7)32-6-11(27)24-13-16(28)26-14(18(29)30)9(5-33-17(13)26)34-12-4-10(22)23-19(31)25-12/h1-4,13,17H,5-6H2,(H,24,27)(H,29,30)(H3,22,23,25,31)/t13-,17-/m1/s1. The second kappa shape index (κ2) is 10.1. The second-order valence-corrected chi connectivity index (χ2v) is 11.0. The summed E-state index contributed by atoms with van der Waals surface area (Å²) in [7, 11) is 0.